The van der Waals surface area contributed by atoms with Crippen molar-refractivity contribution in [2.45, 2.75) is 32.7 Å². The molecule has 6 nitrogen and oxygen atoms in total. The fourth-order valence-electron chi connectivity index (χ4n) is 3.37. The van der Waals surface area contributed by atoms with Gasteiger partial charge >= 0.3 is 0 Å². The van der Waals surface area contributed by atoms with Gasteiger partial charge in [-0.25, -0.2) is 15.0 Å². The first-order valence-electron chi connectivity index (χ1n) is 9.29. The van der Waals surface area contributed by atoms with Crippen molar-refractivity contribution < 1.29 is 4.42 Å². The molecular formula is C20H25N5O. The highest BCUT2D eigenvalue weighted by Crippen LogP contribution is 2.25. The van der Waals surface area contributed by atoms with Gasteiger partial charge in [0.05, 0.1) is 6.04 Å². The average molecular weight is 351 g/mol. The van der Waals surface area contributed by atoms with Crippen LogP contribution in [-0.4, -0.2) is 46.0 Å². The third-order valence-corrected chi connectivity index (χ3v) is 5.07. The minimum absolute atomic E-state index is 0.160. The lowest BCUT2D eigenvalue weighted by Crippen LogP contribution is -2.47. The Kier molecular flexibility index (Phi) is 4.59. The van der Waals surface area contributed by atoms with Crippen LogP contribution >= 0.6 is 0 Å². The normalized spacial score (nSPS) is 17.2. The lowest BCUT2D eigenvalue weighted by atomic mass is 10.1. The molecule has 2 aromatic heterocycles. The maximum atomic E-state index is 5.95. The first-order chi connectivity index (χ1) is 12.6. The number of benzene rings is 1. The number of aromatic nitrogens is 3. The van der Waals surface area contributed by atoms with Crippen molar-refractivity contribution in [3.8, 4) is 0 Å². The van der Waals surface area contributed by atoms with E-state index in [2.05, 4.69) is 40.5 Å². The van der Waals surface area contributed by atoms with E-state index in [0.29, 0.717) is 5.92 Å². The molecule has 0 radical (unpaired) electrons. The Bertz CT molecular complexity index is 850. The summed E-state index contributed by atoms with van der Waals surface area (Å²) in [7, 11) is 0. The number of nitrogens with zero attached hydrogens (tertiary/aromatic N) is 5. The molecule has 0 amide bonds. The van der Waals surface area contributed by atoms with Crippen molar-refractivity contribution in [1.29, 1.82) is 0 Å². The Morgan fingerprint density at radius 3 is 2.46 bits per heavy atom. The molecule has 0 N–H and O–H groups in total. The summed E-state index contributed by atoms with van der Waals surface area (Å²) in [6, 6.07) is 10.1. The van der Waals surface area contributed by atoms with Crippen LogP contribution in [0.2, 0.25) is 0 Å². The SMILES string of the molecule is CC(C)c1ccnc(N2CCN(C(C)c3nc4ccccc4o3)CC2)n1. The van der Waals surface area contributed by atoms with Gasteiger partial charge in [0.15, 0.2) is 5.58 Å². The minimum atomic E-state index is 0.160. The molecular weight excluding hydrogens is 326 g/mol. The summed E-state index contributed by atoms with van der Waals surface area (Å²) >= 11 is 0. The van der Waals surface area contributed by atoms with Crippen LogP contribution in [0.15, 0.2) is 40.9 Å². The number of rotatable bonds is 4. The Morgan fingerprint density at radius 2 is 1.73 bits per heavy atom. The predicted molar refractivity (Wildman–Crippen MR) is 102 cm³/mol. The first kappa shape index (κ1) is 17.0. The summed E-state index contributed by atoms with van der Waals surface area (Å²) in [5.41, 5.74) is 2.87. The molecule has 0 saturated carbocycles. The zero-order valence-corrected chi connectivity index (χ0v) is 15.6. The van der Waals surface area contributed by atoms with E-state index < -0.39 is 0 Å². The monoisotopic (exact) mass is 351 g/mol. The number of oxazole rings is 1. The summed E-state index contributed by atoms with van der Waals surface area (Å²) in [5, 5.41) is 0. The maximum Gasteiger partial charge on any atom is 0.225 e. The molecule has 6 heteroatoms. The second-order valence-electron chi connectivity index (χ2n) is 7.16. The molecule has 4 rings (SSSR count). The summed E-state index contributed by atoms with van der Waals surface area (Å²) in [6.07, 6.45) is 1.87. The number of piperazine rings is 1. The van der Waals surface area contributed by atoms with E-state index in [0.717, 1.165) is 54.8 Å². The molecule has 1 aliphatic heterocycles. The Hall–Kier alpha value is -2.47. The van der Waals surface area contributed by atoms with E-state index in [1.165, 1.54) is 0 Å². The van der Waals surface area contributed by atoms with Crippen LogP contribution < -0.4 is 4.90 Å². The van der Waals surface area contributed by atoms with E-state index in [4.69, 9.17) is 9.40 Å². The molecule has 1 aliphatic rings. The van der Waals surface area contributed by atoms with Crippen molar-refractivity contribution in [3.05, 3.63) is 48.1 Å². The number of hydrogen-bond acceptors (Lipinski definition) is 6. The fraction of sp³-hybridized carbons (Fsp3) is 0.450. The van der Waals surface area contributed by atoms with Gasteiger partial charge in [0.2, 0.25) is 11.8 Å². The number of para-hydroxylation sites is 2. The van der Waals surface area contributed by atoms with Gasteiger partial charge in [-0.15, -0.1) is 0 Å². The molecule has 3 heterocycles. The van der Waals surface area contributed by atoms with E-state index >= 15 is 0 Å². The molecule has 1 atom stereocenters. The van der Waals surface area contributed by atoms with Crippen LogP contribution in [0, 0.1) is 0 Å². The molecule has 0 bridgehead atoms. The largest absolute Gasteiger partial charge is 0.439 e. The van der Waals surface area contributed by atoms with Crippen LogP contribution in [-0.2, 0) is 0 Å². The fourth-order valence-corrected chi connectivity index (χ4v) is 3.37. The van der Waals surface area contributed by atoms with Gasteiger partial charge in [-0.1, -0.05) is 26.0 Å². The Balaban J connectivity index is 1.43. The van der Waals surface area contributed by atoms with Crippen molar-refractivity contribution >= 4 is 17.0 Å². The minimum Gasteiger partial charge on any atom is -0.439 e. The summed E-state index contributed by atoms with van der Waals surface area (Å²) in [6.45, 7) is 10.2. The summed E-state index contributed by atoms with van der Waals surface area (Å²) in [5.74, 6) is 2.04. The van der Waals surface area contributed by atoms with Crippen LogP contribution in [0.4, 0.5) is 5.95 Å². The molecule has 3 aromatic rings. The Morgan fingerprint density at radius 1 is 0.962 bits per heavy atom. The topological polar surface area (TPSA) is 58.3 Å². The highest BCUT2D eigenvalue weighted by atomic mass is 16.3. The van der Waals surface area contributed by atoms with Gasteiger partial charge in [-0.3, -0.25) is 4.90 Å². The van der Waals surface area contributed by atoms with Crippen molar-refractivity contribution in [3.63, 3.8) is 0 Å². The predicted octanol–water partition coefficient (Wildman–Crippen LogP) is 3.62. The molecule has 26 heavy (non-hydrogen) atoms. The van der Waals surface area contributed by atoms with Gasteiger partial charge in [0, 0.05) is 38.1 Å². The third-order valence-electron chi connectivity index (χ3n) is 5.07. The van der Waals surface area contributed by atoms with Crippen molar-refractivity contribution in [2.24, 2.45) is 0 Å². The van der Waals surface area contributed by atoms with Crippen LogP contribution in [0.3, 0.4) is 0 Å². The highest BCUT2D eigenvalue weighted by molar-refractivity contribution is 5.72. The van der Waals surface area contributed by atoms with Gasteiger partial charge in [-0.2, -0.15) is 0 Å². The molecule has 0 spiro atoms. The van der Waals surface area contributed by atoms with Gasteiger partial charge in [0.25, 0.3) is 0 Å². The molecule has 1 saturated heterocycles. The van der Waals surface area contributed by atoms with Gasteiger partial charge in [0.1, 0.15) is 5.52 Å². The van der Waals surface area contributed by atoms with Gasteiger partial charge in [-0.05, 0) is 31.0 Å². The first-order valence-corrected chi connectivity index (χ1v) is 9.29. The van der Waals surface area contributed by atoms with E-state index in [1.807, 2.05) is 36.5 Å². The van der Waals surface area contributed by atoms with Crippen molar-refractivity contribution in [2.75, 3.05) is 31.1 Å². The summed E-state index contributed by atoms with van der Waals surface area (Å²) < 4.78 is 5.95. The molecule has 1 unspecified atom stereocenters. The second-order valence-corrected chi connectivity index (χ2v) is 7.16. The smallest absolute Gasteiger partial charge is 0.225 e. The average Bonchev–Trinajstić information content (AvgIpc) is 3.12. The lowest BCUT2D eigenvalue weighted by Gasteiger charge is -2.37. The number of hydrogen-bond donors (Lipinski definition) is 0. The number of anilines is 1. The highest BCUT2D eigenvalue weighted by Gasteiger charge is 2.26. The van der Waals surface area contributed by atoms with E-state index in [1.54, 1.807) is 0 Å². The van der Waals surface area contributed by atoms with Crippen LogP contribution in [0.1, 0.15) is 44.3 Å². The van der Waals surface area contributed by atoms with Gasteiger partial charge < -0.3 is 9.32 Å². The number of fused-ring (bicyclic) bond motifs is 1. The molecule has 1 fully saturated rings. The van der Waals surface area contributed by atoms with Crippen LogP contribution in [0.25, 0.3) is 11.1 Å². The zero-order valence-electron chi connectivity index (χ0n) is 15.6. The third kappa shape index (κ3) is 3.29. The zero-order chi connectivity index (χ0) is 18.1. The van der Waals surface area contributed by atoms with Crippen molar-refractivity contribution in [1.82, 2.24) is 19.9 Å². The van der Waals surface area contributed by atoms with Crippen LogP contribution in [0.5, 0.6) is 0 Å². The standard InChI is InChI=1S/C20H25N5O/c1-14(2)16-8-9-21-20(23-16)25-12-10-24(11-13-25)15(3)19-22-17-6-4-5-7-18(17)26-19/h4-9,14-15H,10-13H2,1-3H3. The van der Waals surface area contributed by atoms with E-state index in [9.17, 15) is 0 Å². The maximum absolute atomic E-state index is 5.95. The van der Waals surface area contributed by atoms with E-state index in [-0.39, 0.29) is 6.04 Å². The summed E-state index contributed by atoms with van der Waals surface area (Å²) in [4.78, 5) is 18.5. The lowest BCUT2D eigenvalue weighted by molar-refractivity contribution is 0.174. The molecule has 1 aromatic carbocycles. The Labute approximate surface area is 153 Å². The quantitative estimate of drug-likeness (QED) is 0.715. The second kappa shape index (κ2) is 7.03. The molecule has 136 valence electrons. The molecule has 0 aliphatic carbocycles.